The Balaban J connectivity index is 2.52. The second-order valence-electron chi connectivity index (χ2n) is 4.50. The highest BCUT2D eigenvalue weighted by Gasteiger charge is 2.14. The molecule has 0 aliphatic heterocycles. The van der Waals surface area contributed by atoms with E-state index in [1.807, 2.05) is 11.5 Å². The van der Waals surface area contributed by atoms with Crippen molar-refractivity contribution in [2.24, 2.45) is 5.73 Å². The molecule has 0 radical (unpaired) electrons. The van der Waals surface area contributed by atoms with Gasteiger partial charge in [0.15, 0.2) is 0 Å². The summed E-state index contributed by atoms with van der Waals surface area (Å²) in [6.07, 6.45) is 0.419. The van der Waals surface area contributed by atoms with Gasteiger partial charge < -0.3 is 10.3 Å². The van der Waals surface area contributed by atoms with Crippen LogP contribution < -0.4 is 5.73 Å². The summed E-state index contributed by atoms with van der Waals surface area (Å²) in [7, 11) is 0. The van der Waals surface area contributed by atoms with Gasteiger partial charge in [0.2, 0.25) is 0 Å². The highest BCUT2D eigenvalue weighted by atomic mass is 19.1. The topological polar surface area (TPSA) is 60.9 Å². The van der Waals surface area contributed by atoms with Gasteiger partial charge in [-0.2, -0.15) is 0 Å². The summed E-state index contributed by atoms with van der Waals surface area (Å²) in [5.41, 5.74) is 7.25. The lowest BCUT2D eigenvalue weighted by Crippen LogP contribution is -2.14. The molecule has 1 unspecified atom stereocenters. The molecule has 0 saturated heterocycles. The number of hydrogen-bond donors (Lipinski definition) is 1. The number of nitrogens with two attached hydrogens (primary N) is 1. The lowest BCUT2D eigenvalue weighted by atomic mass is 10.2. The first-order valence-corrected chi connectivity index (χ1v) is 5.89. The monoisotopic (exact) mass is 249 g/mol. The molecule has 1 atom stereocenters. The molecule has 0 spiro atoms. The molecule has 18 heavy (non-hydrogen) atoms. The second kappa shape index (κ2) is 4.86. The van der Waals surface area contributed by atoms with E-state index in [9.17, 15) is 9.18 Å². The number of halogens is 1. The van der Waals surface area contributed by atoms with Crippen LogP contribution in [-0.2, 0) is 11.3 Å². The van der Waals surface area contributed by atoms with Crippen LogP contribution in [0, 0.1) is 5.82 Å². The van der Waals surface area contributed by atoms with Crippen molar-refractivity contribution in [2.75, 3.05) is 0 Å². The van der Waals surface area contributed by atoms with Gasteiger partial charge in [-0.25, -0.2) is 9.37 Å². The van der Waals surface area contributed by atoms with Crippen molar-refractivity contribution in [1.29, 1.82) is 0 Å². The zero-order valence-electron chi connectivity index (χ0n) is 10.5. The molecule has 5 heteroatoms. The number of aryl methyl sites for hydroxylation is 1. The number of rotatable bonds is 4. The van der Waals surface area contributed by atoms with Gasteiger partial charge in [-0.05, 0) is 26.0 Å². The lowest BCUT2D eigenvalue weighted by molar-refractivity contribution is -0.117. The fourth-order valence-corrected chi connectivity index (χ4v) is 1.97. The van der Waals surface area contributed by atoms with E-state index in [2.05, 4.69) is 4.98 Å². The van der Waals surface area contributed by atoms with Crippen molar-refractivity contribution < 1.29 is 9.18 Å². The number of imidazole rings is 1. The Hall–Kier alpha value is -1.75. The molecule has 0 amide bonds. The van der Waals surface area contributed by atoms with Crippen molar-refractivity contribution in [1.82, 2.24) is 9.55 Å². The predicted octanol–water partition coefficient (Wildman–Crippen LogP) is 2.17. The molecule has 0 saturated carbocycles. The summed E-state index contributed by atoms with van der Waals surface area (Å²) in [5, 5.41) is 0. The molecule has 2 N–H and O–H groups in total. The standard InChI is InChI=1S/C13H16FN3O/c1-8(18)5-6-17-12-4-3-10(14)7-11(12)16-13(17)9(2)15/h3-4,7,9H,5-6,15H2,1-2H3. The highest BCUT2D eigenvalue weighted by Crippen LogP contribution is 2.21. The molecule has 2 aromatic rings. The Labute approximate surface area is 105 Å². The van der Waals surface area contributed by atoms with Crippen LogP contribution in [0.4, 0.5) is 4.39 Å². The fourth-order valence-electron chi connectivity index (χ4n) is 1.97. The molecule has 1 heterocycles. The maximum absolute atomic E-state index is 13.2. The Morgan fingerprint density at radius 1 is 1.56 bits per heavy atom. The van der Waals surface area contributed by atoms with Gasteiger partial charge in [0.05, 0.1) is 17.1 Å². The zero-order valence-corrected chi connectivity index (χ0v) is 10.5. The Morgan fingerprint density at radius 2 is 2.28 bits per heavy atom. The summed E-state index contributed by atoms with van der Waals surface area (Å²) in [6, 6.07) is 4.18. The van der Waals surface area contributed by atoms with Crippen LogP contribution in [0.1, 0.15) is 32.1 Å². The SMILES string of the molecule is CC(=O)CCn1c(C(C)N)nc2cc(F)ccc21. The number of Topliss-reactive ketones (excluding diaryl/α,β-unsaturated/α-hetero) is 1. The molecule has 96 valence electrons. The molecule has 1 aromatic carbocycles. The molecule has 0 aliphatic carbocycles. The Morgan fingerprint density at radius 3 is 2.89 bits per heavy atom. The van der Waals surface area contributed by atoms with E-state index in [-0.39, 0.29) is 17.6 Å². The van der Waals surface area contributed by atoms with E-state index >= 15 is 0 Å². The predicted molar refractivity (Wildman–Crippen MR) is 67.6 cm³/mol. The van der Waals surface area contributed by atoms with Crippen LogP contribution >= 0.6 is 0 Å². The maximum Gasteiger partial charge on any atom is 0.131 e. The zero-order chi connectivity index (χ0) is 13.3. The average molecular weight is 249 g/mol. The number of aromatic nitrogens is 2. The minimum absolute atomic E-state index is 0.106. The molecule has 0 bridgehead atoms. The maximum atomic E-state index is 13.2. The minimum Gasteiger partial charge on any atom is -0.326 e. The third kappa shape index (κ3) is 2.41. The van der Waals surface area contributed by atoms with Gasteiger partial charge in [0, 0.05) is 19.0 Å². The highest BCUT2D eigenvalue weighted by molar-refractivity contribution is 5.78. The van der Waals surface area contributed by atoms with Gasteiger partial charge in [-0.3, -0.25) is 4.79 Å². The number of ketones is 1. The fraction of sp³-hybridized carbons (Fsp3) is 0.385. The molecule has 4 nitrogen and oxygen atoms in total. The largest absolute Gasteiger partial charge is 0.326 e. The van der Waals surface area contributed by atoms with E-state index in [0.29, 0.717) is 24.3 Å². The first-order chi connectivity index (χ1) is 8.49. The van der Waals surface area contributed by atoms with Crippen molar-refractivity contribution in [2.45, 2.75) is 32.9 Å². The third-order valence-corrected chi connectivity index (χ3v) is 2.83. The first-order valence-electron chi connectivity index (χ1n) is 5.89. The molecular weight excluding hydrogens is 233 g/mol. The van der Waals surface area contributed by atoms with E-state index in [4.69, 9.17) is 5.73 Å². The molecule has 2 rings (SSSR count). The summed E-state index contributed by atoms with van der Waals surface area (Å²) >= 11 is 0. The van der Waals surface area contributed by atoms with E-state index in [1.165, 1.54) is 12.1 Å². The van der Waals surface area contributed by atoms with Gasteiger partial charge in [-0.1, -0.05) is 0 Å². The van der Waals surface area contributed by atoms with Crippen LogP contribution in [0.15, 0.2) is 18.2 Å². The summed E-state index contributed by atoms with van der Waals surface area (Å²) in [4.78, 5) is 15.4. The van der Waals surface area contributed by atoms with Crippen molar-refractivity contribution in [3.05, 3.63) is 29.8 Å². The number of carbonyl (C=O) groups is 1. The van der Waals surface area contributed by atoms with Gasteiger partial charge >= 0.3 is 0 Å². The van der Waals surface area contributed by atoms with E-state index in [0.717, 1.165) is 5.52 Å². The van der Waals surface area contributed by atoms with Gasteiger partial charge in [0.1, 0.15) is 17.4 Å². The molecule has 0 fully saturated rings. The summed E-state index contributed by atoms with van der Waals surface area (Å²) in [6.45, 7) is 3.89. The Kier molecular flexibility index (Phi) is 3.43. The number of carbonyl (C=O) groups excluding carboxylic acids is 1. The molecular formula is C13H16FN3O. The number of hydrogen-bond acceptors (Lipinski definition) is 3. The summed E-state index contributed by atoms with van der Waals surface area (Å²) < 4.78 is 15.0. The first kappa shape index (κ1) is 12.7. The number of fused-ring (bicyclic) bond motifs is 1. The third-order valence-electron chi connectivity index (χ3n) is 2.83. The van der Waals surface area contributed by atoms with Crippen LogP contribution in [-0.4, -0.2) is 15.3 Å². The second-order valence-corrected chi connectivity index (χ2v) is 4.50. The average Bonchev–Trinajstić information content (AvgIpc) is 2.64. The van der Waals surface area contributed by atoms with E-state index < -0.39 is 0 Å². The molecule has 1 aromatic heterocycles. The van der Waals surface area contributed by atoms with Crippen molar-refractivity contribution in [3.63, 3.8) is 0 Å². The smallest absolute Gasteiger partial charge is 0.131 e. The Bertz CT molecular complexity index is 589. The van der Waals surface area contributed by atoms with Crippen molar-refractivity contribution >= 4 is 16.8 Å². The van der Waals surface area contributed by atoms with Crippen LogP contribution in [0.3, 0.4) is 0 Å². The lowest BCUT2D eigenvalue weighted by Gasteiger charge is -2.10. The normalized spacial score (nSPS) is 12.9. The van der Waals surface area contributed by atoms with Gasteiger partial charge in [-0.15, -0.1) is 0 Å². The van der Waals surface area contributed by atoms with Gasteiger partial charge in [0.25, 0.3) is 0 Å². The molecule has 0 aliphatic rings. The van der Waals surface area contributed by atoms with Crippen molar-refractivity contribution in [3.8, 4) is 0 Å². The van der Waals surface area contributed by atoms with E-state index in [1.54, 1.807) is 13.0 Å². The van der Waals surface area contributed by atoms with Crippen LogP contribution in [0.5, 0.6) is 0 Å². The van der Waals surface area contributed by atoms with Crippen LogP contribution in [0.25, 0.3) is 11.0 Å². The van der Waals surface area contributed by atoms with Crippen LogP contribution in [0.2, 0.25) is 0 Å². The number of benzene rings is 1. The minimum atomic E-state index is -0.324. The quantitative estimate of drug-likeness (QED) is 0.903. The summed E-state index contributed by atoms with van der Waals surface area (Å²) in [5.74, 6) is 0.460. The number of nitrogens with zero attached hydrogens (tertiary/aromatic N) is 2.